The number of aliphatic hydroxyl groups is 1. The molecule has 1 fully saturated rings. The monoisotopic (exact) mass is 271 g/mol. The molecule has 0 saturated carbocycles. The number of hydrogen-bond donors (Lipinski definition) is 1. The highest BCUT2D eigenvalue weighted by Gasteiger charge is 2.35. The van der Waals surface area contributed by atoms with Crippen LogP contribution in [-0.4, -0.2) is 28.4 Å². The van der Waals surface area contributed by atoms with Gasteiger partial charge in [-0.3, -0.25) is 14.5 Å². The molecule has 1 heterocycles. The molecular formula is C16H17NO3. The van der Waals surface area contributed by atoms with Crippen molar-refractivity contribution < 1.29 is 14.7 Å². The van der Waals surface area contributed by atoms with Gasteiger partial charge in [0, 0.05) is 24.3 Å². The van der Waals surface area contributed by atoms with Gasteiger partial charge in [0.05, 0.1) is 13.2 Å². The maximum Gasteiger partial charge on any atom is 0.232 e. The Morgan fingerprint density at radius 2 is 2.10 bits per heavy atom. The lowest BCUT2D eigenvalue weighted by atomic mass is 10.1. The van der Waals surface area contributed by atoms with Crippen LogP contribution < -0.4 is 0 Å². The van der Waals surface area contributed by atoms with E-state index < -0.39 is 0 Å². The SMILES string of the molecule is CC1CC(=O)N(Cc2ccccc2C#CCCO)C1=O. The van der Waals surface area contributed by atoms with Crippen molar-refractivity contribution in [1.29, 1.82) is 0 Å². The maximum atomic E-state index is 11.9. The minimum absolute atomic E-state index is 0.0236. The van der Waals surface area contributed by atoms with Crippen LogP contribution in [0.15, 0.2) is 24.3 Å². The van der Waals surface area contributed by atoms with Gasteiger partial charge in [0.25, 0.3) is 0 Å². The first-order valence-electron chi connectivity index (χ1n) is 6.65. The fourth-order valence-corrected chi connectivity index (χ4v) is 2.18. The molecule has 20 heavy (non-hydrogen) atoms. The molecule has 0 spiro atoms. The average Bonchev–Trinajstić information content (AvgIpc) is 2.67. The van der Waals surface area contributed by atoms with Crippen LogP contribution in [0.4, 0.5) is 0 Å². The van der Waals surface area contributed by atoms with Crippen molar-refractivity contribution in [2.75, 3.05) is 6.61 Å². The van der Waals surface area contributed by atoms with Gasteiger partial charge in [-0.05, 0) is 11.6 Å². The molecule has 1 aromatic carbocycles. The highest BCUT2D eigenvalue weighted by Crippen LogP contribution is 2.22. The molecular weight excluding hydrogens is 254 g/mol. The van der Waals surface area contributed by atoms with Crippen molar-refractivity contribution in [1.82, 2.24) is 4.90 Å². The van der Waals surface area contributed by atoms with Gasteiger partial charge in [0.15, 0.2) is 0 Å². The predicted octanol–water partition coefficient (Wildman–Crippen LogP) is 1.32. The van der Waals surface area contributed by atoms with Crippen molar-refractivity contribution >= 4 is 11.8 Å². The number of carbonyl (C=O) groups is 2. The van der Waals surface area contributed by atoms with Gasteiger partial charge in [0.2, 0.25) is 11.8 Å². The normalized spacial score (nSPS) is 18.1. The number of aliphatic hydroxyl groups excluding tert-OH is 1. The van der Waals surface area contributed by atoms with E-state index in [1.807, 2.05) is 24.3 Å². The highest BCUT2D eigenvalue weighted by molar-refractivity contribution is 6.03. The number of nitrogens with zero attached hydrogens (tertiary/aromatic N) is 1. The fraction of sp³-hybridized carbons (Fsp3) is 0.375. The third kappa shape index (κ3) is 3.06. The molecule has 4 nitrogen and oxygen atoms in total. The van der Waals surface area contributed by atoms with Gasteiger partial charge in [-0.15, -0.1) is 0 Å². The van der Waals surface area contributed by atoms with Crippen LogP contribution in [0.25, 0.3) is 0 Å². The molecule has 0 radical (unpaired) electrons. The Kier molecular flexibility index (Phi) is 4.54. The summed E-state index contributed by atoms with van der Waals surface area (Å²) in [5, 5.41) is 8.74. The van der Waals surface area contributed by atoms with E-state index in [1.54, 1.807) is 6.92 Å². The van der Waals surface area contributed by atoms with Gasteiger partial charge in [-0.1, -0.05) is 37.0 Å². The summed E-state index contributed by atoms with van der Waals surface area (Å²) >= 11 is 0. The van der Waals surface area contributed by atoms with Crippen LogP contribution in [0.3, 0.4) is 0 Å². The molecule has 1 unspecified atom stereocenters. The zero-order valence-electron chi connectivity index (χ0n) is 11.4. The molecule has 104 valence electrons. The molecule has 2 rings (SSSR count). The third-order valence-corrected chi connectivity index (χ3v) is 3.28. The van der Waals surface area contributed by atoms with Crippen LogP contribution >= 0.6 is 0 Å². The lowest BCUT2D eigenvalue weighted by molar-refractivity contribution is -0.139. The van der Waals surface area contributed by atoms with Gasteiger partial charge < -0.3 is 5.11 Å². The molecule has 2 amide bonds. The Labute approximate surface area is 118 Å². The Balaban J connectivity index is 2.20. The Morgan fingerprint density at radius 3 is 2.75 bits per heavy atom. The zero-order chi connectivity index (χ0) is 14.5. The van der Waals surface area contributed by atoms with Crippen molar-refractivity contribution in [2.24, 2.45) is 5.92 Å². The second-order valence-corrected chi connectivity index (χ2v) is 4.86. The molecule has 0 aromatic heterocycles. The van der Waals surface area contributed by atoms with Gasteiger partial charge in [-0.2, -0.15) is 0 Å². The second kappa shape index (κ2) is 6.36. The van der Waals surface area contributed by atoms with E-state index in [2.05, 4.69) is 11.8 Å². The van der Waals surface area contributed by atoms with Crippen molar-refractivity contribution in [3.8, 4) is 11.8 Å². The summed E-state index contributed by atoms with van der Waals surface area (Å²) in [7, 11) is 0. The number of imide groups is 1. The number of benzene rings is 1. The molecule has 1 N–H and O–H groups in total. The Hall–Kier alpha value is -2.12. The molecule has 1 saturated heterocycles. The van der Waals surface area contributed by atoms with Crippen LogP contribution in [0.1, 0.15) is 30.9 Å². The molecule has 0 aliphatic carbocycles. The fourth-order valence-electron chi connectivity index (χ4n) is 2.18. The third-order valence-electron chi connectivity index (χ3n) is 3.28. The molecule has 1 aliphatic rings. The zero-order valence-corrected chi connectivity index (χ0v) is 11.4. The van der Waals surface area contributed by atoms with Crippen molar-refractivity contribution in [3.05, 3.63) is 35.4 Å². The minimum Gasteiger partial charge on any atom is -0.395 e. The summed E-state index contributed by atoms with van der Waals surface area (Å²) in [4.78, 5) is 25.0. The Bertz CT molecular complexity index is 583. The van der Waals surface area contributed by atoms with Crippen molar-refractivity contribution in [2.45, 2.75) is 26.3 Å². The van der Waals surface area contributed by atoms with Gasteiger partial charge in [-0.25, -0.2) is 0 Å². The van der Waals surface area contributed by atoms with Crippen molar-refractivity contribution in [3.63, 3.8) is 0 Å². The lowest BCUT2D eigenvalue weighted by Gasteiger charge is -2.15. The maximum absolute atomic E-state index is 11.9. The number of amides is 2. The topological polar surface area (TPSA) is 57.6 Å². The summed E-state index contributed by atoms with van der Waals surface area (Å²) in [6.45, 7) is 2.06. The van der Waals surface area contributed by atoms with Gasteiger partial charge >= 0.3 is 0 Å². The summed E-state index contributed by atoms with van der Waals surface area (Å²) in [5.41, 5.74) is 1.65. The molecule has 1 atom stereocenters. The predicted molar refractivity (Wildman–Crippen MR) is 74.4 cm³/mol. The summed E-state index contributed by atoms with van der Waals surface area (Å²) < 4.78 is 0. The van der Waals surface area contributed by atoms with E-state index in [-0.39, 0.29) is 37.3 Å². The smallest absolute Gasteiger partial charge is 0.232 e. The average molecular weight is 271 g/mol. The van der Waals surface area contributed by atoms with E-state index in [9.17, 15) is 9.59 Å². The first-order valence-corrected chi connectivity index (χ1v) is 6.65. The first-order chi connectivity index (χ1) is 9.63. The van der Waals surface area contributed by atoms with E-state index in [0.717, 1.165) is 11.1 Å². The first kappa shape index (κ1) is 14.3. The summed E-state index contributed by atoms with van der Waals surface area (Å²) in [6, 6.07) is 7.45. The van der Waals surface area contributed by atoms with E-state index >= 15 is 0 Å². The van der Waals surface area contributed by atoms with Crippen LogP contribution in [0.2, 0.25) is 0 Å². The largest absolute Gasteiger partial charge is 0.395 e. The van der Waals surface area contributed by atoms with E-state index in [1.165, 1.54) is 4.90 Å². The minimum atomic E-state index is -0.227. The summed E-state index contributed by atoms with van der Waals surface area (Å²) in [5.74, 6) is 5.36. The molecule has 1 aromatic rings. The summed E-state index contributed by atoms with van der Waals surface area (Å²) in [6.07, 6.45) is 0.699. The number of carbonyl (C=O) groups excluding carboxylic acids is 2. The number of rotatable bonds is 3. The quantitative estimate of drug-likeness (QED) is 0.666. The van der Waals surface area contributed by atoms with E-state index in [4.69, 9.17) is 5.11 Å². The Morgan fingerprint density at radius 1 is 1.35 bits per heavy atom. The van der Waals surface area contributed by atoms with Crippen LogP contribution in [-0.2, 0) is 16.1 Å². The number of likely N-dealkylation sites (tertiary alicyclic amines) is 1. The van der Waals surface area contributed by atoms with E-state index in [0.29, 0.717) is 6.42 Å². The van der Waals surface area contributed by atoms with Crippen LogP contribution in [0.5, 0.6) is 0 Å². The molecule has 4 heteroatoms. The second-order valence-electron chi connectivity index (χ2n) is 4.86. The number of hydrogen-bond acceptors (Lipinski definition) is 3. The van der Waals surface area contributed by atoms with Crippen LogP contribution in [0, 0.1) is 17.8 Å². The standard InChI is InChI=1S/C16H17NO3/c1-12-10-15(19)17(16(12)20)11-14-8-3-2-6-13(14)7-4-5-9-18/h2-3,6,8,12,18H,5,9-11H2,1H3. The molecule has 0 bridgehead atoms. The molecule has 1 aliphatic heterocycles. The van der Waals surface area contributed by atoms with Gasteiger partial charge in [0.1, 0.15) is 0 Å². The lowest BCUT2D eigenvalue weighted by Crippen LogP contribution is -2.30. The highest BCUT2D eigenvalue weighted by atomic mass is 16.2.